The number of rotatable bonds is 4. The van der Waals surface area contributed by atoms with Gasteiger partial charge in [-0.1, -0.05) is 29.8 Å². The van der Waals surface area contributed by atoms with Crippen molar-refractivity contribution in [3.63, 3.8) is 0 Å². The molecule has 1 saturated heterocycles. The Morgan fingerprint density at radius 2 is 1.75 bits per heavy atom. The highest BCUT2D eigenvalue weighted by atomic mass is 35.5. The van der Waals surface area contributed by atoms with Crippen molar-refractivity contribution in [2.75, 3.05) is 11.4 Å². The topological polar surface area (TPSA) is 55.2 Å². The SMILES string of the molecule is CC(F)(F)c1ccc(S(=O)(=O)n2nc(N3CC(F)(F)CC34CC4)c3c(Cl)cccc32)cc1. The zero-order valence-electron chi connectivity index (χ0n) is 16.8. The fraction of sp³-hybridized carbons (Fsp3) is 0.381. The Balaban J connectivity index is 1.67. The van der Waals surface area contributed by atoms with E-state index >= 15 is 0 Å². The van der Waals surface area contributed by atoms with E-state index in [0.29, 0.717) is 19.8 Å². The number of halogens is 5. The Hall–Kier alpha value is -2.33. The second-order valence-electron chi connectivity index (χ2n) is 8.56. The van der Waals surface area contributed by atoms with Crippen molar-refractivity contribution in [3.8, 4) is 0 Å². The standard InChI is InChI=1S/C21H18ClF4N3O2S/c1-19(23,24)13-5-7-14(8-6-13)32(30,31)29-16-4-2-3-15(22)17(16)18(27-29)28-12-21(25,26)11-20(28)9-10-20/h2-8H,9-12H2,1H3. The second kappa shape index (κ2) is 6.60. The summed E-state index contributed by atoms with van der Waals surface area (Å²) in [5.41, 5.74) is -0.962. The van der Waals surface area contributed by atoms with E-state index in [0.717, 1.165) is 28.4 Å². The number of hydrogen-bond donors (Lipinski definition) is 0. The lowest BCUT2D eigenvalue weighted by Gasteiger charge is -2.23. The lowest BCUT2D eigenvalue weighted by atomic mass is 10.1. The average molecular weight is 488 g/mol. The number of anilines is 1. The molecule has 0 N–H and O–H groups in total. The Morgan fingerprint density at radius 3 is 2.34 bits per heavy atom. The van der Waals surface area contributed by atoms with Crippen LogP contribution >= 0.6 is 11.6 Å². The molecule has 0 atom stereocenters. The van der Waals surface area contributed by atoms with E-state index in [4.69, 9.17) is 11.6 Å². The second-order valence-corrected chi connectivity index (χ2v) is 10.7. The van der Waals surface area contributed by atoms with Crippen LogP contribution in [-0.2, 0) is 15.9 Å². The number of alkyl halides is 4. The number of aromatic nitrogens is 2. The van der Waals surface area contributed by atoms with E-state index in [1.807, 2.05) is 0 Å². The molecular formula is C21H18ClF4N3O2S. The van der Waals surface area contributed by atoms with Crippen LogP contribution in [0.4, 0.5) is 23.4 Å². The van der Waals surface area contributed by atoms with Gasteiger partial charge in [-0.25, -0.2) is 17.6 Å². The minimum atomic E-state index is -4.31. The molecule has 1 aliphatic carbocycles. The van der Waals surface area contributed by atoms with E-state index in [1.54, 1.807) is 0 Å². The Labute approximate surface area is 186 Å². The molecule has 2 aromatic carbocycles. The zero-order chi connectivity index (χ0) is 23.1. The van der Waals surface area contributed by atoms with Crippen molar-refractivity contribution in [2.45, 2.75) is 48.5 Å². The molecule has 0 bridgehead atoms. The summed E-state index contributed by atoms with van der Waals surface area (Å²) in [5, 5.41) is 4.69. The molecule has 5 nitrogen and oxygen atoms in total. The van der Waals surface area contributed by atoms with Gasteiger partial charge in [0.15, 0.2) is 5.82 Å². The van der Waals surface area contributed by atoms with Crippen molar-refractivity contribution >= 4 is 38.3 Å². The van der Waals surface area contributed by atoms with Gasteiger partial charge < -0.3 is 4.90 Å². The summed E-state index contributed by atoms with van der Waals surface area (Å²) in [4.78, 5) is 1.21. The lowest BCUT2D eigenvalue weighted by molar-refractivity contribution is 0.0173. The molecule has 2 heterocycles. The summed E-state index contributed by atoms with van der Waals surface area (Å²) in [7, 11) is -4.31. The molecule has 1 saturated carbocycles. The van der Waals surface area contributed by atoms with Gasteiger partial charge >= 0.3 is 0 Å². The van der Waals surface area contributed by atoms with Gasteiger partial charge in [0.05, 0.1) is 27.4 Å². The van der Waals surface area contributed by atoms with E-state index in [9.17, 15) is 26.0 Å². The summed E-state index contributed by atoms with van der Waals surface area (Å²) in [6.45, 7) is 0.135. The molecule has 32 heavy (non-hydrogen) atoms. The van der Waals surface area contributed by atoms with Crippen LogP contribution in [0.15, 0.2) is 47.4 Å². The molecule has 1 aromatic heterocycles. The highest BCUT2D eigenvalue weighted by Crippen LogP contribution is 2.56. The maximum absolute atomic E-state index is 14.3. The molecule has 170 valence electrons. The molecule has 5 rings (SSSR count). The predicted molar refractivity (Wildman–Crippen MR) is 112 cm³/mol. The first-order valence-electron chi connectivity index (χ1n) is 9.91. The number of nitrogens with zero attached hydrogens (tertiary/aromatic N) is 3. The summed E-state index contributed by atoms with van der Waals surface area (Å²) >= 11 is 6.36. The van der Waals surface area contributed by atoms with Crippen LogP contribution < -0.4 is 4.90 Å². The van der Waals surface area contributed by atoms with Crippen LogP contribution in [0.1, 0.15) is 31.7 Å². The van der Waals surface area contributed by atoms with Gasteiger partial charge in [-0.05, 0) is 37.1 Å². The van der Waals surface area contributed by atoms with E-state index in [1.165, 1.54) is 23.1 Å². The zero-order valence-corrected chi connectivity index (χ0v) is 18.4. The van der Waals surface area contributed by atoms with Crippen molar-refractivity contribution < 1.29 is 26.0 Å². The quantitative estimate of drug-likeness (QED) is 0.461. The molecule has 2 fully saturated rings. The van der Waals surface area contributed by atoms with E-state index in [-0.39, 0.29) is 38.6 Å². The molecule has 0 radical (unpaired) electrons. The number of fused-ring (bicyclic) bond motifs is 1. The summed E-state index contributed by atoms with van der Waals surface area (Å²) in [6, 6.07) is 8.78. The minimum absolute atomic E-state index is 0.0839. The predicted octanol–water partition coefficient (Wildman–Crippen LogP) is 5.42. The maximum atomic E-state index is 14.3. The fourth-order valence-electron chi connectivity index (χ4n) is 4.40. The minimum Gasteiger partial charge on any atom is -0.343 e. The van der Waals surface area contributed by atoms with Crippen LogP contribution in [0.2, 0.25) is 5.02 Å². The van der Waals surface area contributed by atoms with E-state index < -0.39 is 34.0 Å². The molecule has 11 heteroatoms. The lowest BCUT2D eigenvalue weighted by Crippen LogP contribution is -2.32. The van der Waals surface area contributed by atoms with Gasteiger partial charge in [-0.3, -0.25) is 0 Å². The third kappa shape index (κ3) is 3.26. The van der Waals surface area contributed by atoms with Crippen LogP contribution in [0.25, 0.3) is 10.9 Å². The first-order chi connectivity index (χ1) is 14.8. The van der Waals surface area contributed by atoms with Gasteiger partial charge in [-0.15, -0.1) is 5.10 Å². The van der Waals surface area contributed by atoms with Crippen molar-refractivity contribution in [1.29, 1.82) is 0 Å². The van der Waals surface area contributed by atoms with Gasteiger partial charge in [0.2, 0.25) is 0 Å². The third-order valence-electron chi connectivity index (χ3n) is 6.13. The van der Waals surface area contributed by atoms with Gasteiger partial charge in [0, 0.05) is 24.4 Å². The van der Waals surface area contributed by atoms with Crippen LogP contribution in [0, 0.1) is 0 Å². The highest BCUT2D eigenvalue weighted by molar-refractivity contribution is 7.90. The maximum Gasteiger partial charge on any atom is 0.283 e. The molecule has 1 spiro atoms. The van der Waals surface area contributed by atoms with Crippen molar-refractivity contribution in [2.24, 2.45) is 0 Å². The number of benzene rings is 2. The van der Waals surface area contributed by atoms with Crippen LogP contribution in [-0.4, -0.2) is 35.6 Å². The van der Waals surface area contributed by atoms with Gasteiger partial charge in [0.1, 0.15) is 0 Å². The normalized spacial score (nSPS) is 19.8. The molecule has 1 aliphatic heterocycles. The molecule has 3 aromatic rings. The summed E-state index contributed by atoms with van der Waals surface area (Å²) < 4.78 is 83.0. The van der Waals surface area contributed by atoms with Crippen molar-refractivity contribution in [1.82, 2.24) is 9.19 Å². The Morgan fingerprint density at radius 1 is 1.09 bits per heavy atom. The van der Waals surface area contributed by atoms with Gasteiger partial charge in [-0.2, -0.15) is 12.5 Å². The first kappa shape index (κ1) is 21.5. The smallest absolute Gasteiger partial charge is 0.283 e. The fourth-order valence-corrected chi connectivity index (χ4v) is 5.93. The first-order valence-corrected chi connectivity index (χ1v) is 11.7. The average Bonchev–Trinajstić information content (AvgIpc) is 3.25. The molecule has 0 unspecified atom stereocenters. The molecular weight excluding hydrogens is 470 g/mol. The molecule has 2 aliphatic rings. The Kier molecular flexibility index (Phi) is 4.44. The van der Waals surface area contributed by atoms with Crippen molar-refractivity contribution in [3.05, 3.63) is 53.1 Å². The van der Waals surface area contributed by atoms with E-state index in [2.05, 4.69) is 5.10 Å². The van der Waals surface area contributed by atoms with Gasteiger partial charge in [0.25, 0.3) is 21.9 Å². The largest absolute Gasteiger partial charge is 0.343 e. The molecule has 0 amide bonds. The highest BCUT2D eigenvalue weighted by Gasteiger charge is 2.62. The monoisotopic (exact) mass is 487 g/mol. The summed E-state index contributed by atoms with van der Waals surface area (Å²) in [5.74, 6) is -5.96. The Bertz CT molecular complexity index is 1330. The third-order valence-corrected chi connectivity index (χ3v) is 8.04. The van der Waals surface area contributed by atoms with Crippen LogP contribution in [0.5, 0.6) is 0 Å². The van der Waals surface area contributed by atoms with Crippen LogP contribution in [0.3, 0.4) is 0 Å². The number of hydrogen-bond acceptors (Lipinski definition) is 4. The summed E-state index contributed by atoms with van der Waals surface area (Å²) in [6.07, 6.45) is 0.792.